The number of aryl methyl sites for hydroxylation is 1. The van der Waals surface area contributed by atoms with Crippen molar-refractivity contribution >= 4 is 28.4 Å². The van der Waals surface area contributed by atoms with E-state index in [1.807, 2.05) is 20.0 Å². The second-order valence-corrected chi connectivity index (χ2v) is 9.11. The third-order valence-corrected chi connectivity index (χ3v) is 5.92. The summed E-state index contributed by atoms with van der Waals surface area (Å²) in [6, 6.07) is 9.71. The van der Waals surface area contributed by atoms with E-state index in [1.165, 1.54) is 18.3 Å². The first-order valence-electron chi connectivity index (χ1n) is 11.9. The molecule has 0 N–H and O–H groups in total. The molecule has 1 aliphatic heterocycles. The van der Waals surface area contributed by atoms with Gasteiger partial charge in [-0.25, -0.2) is 4.39 Å². The van der Waals surface area contributed by atoms with Crippen molar-refractivity contribution in [1.82, 2.24) is 19.7 Å². The average Bonchev–Trinajstić information content (AvgIpc) is 3.31. The van der Waals surface area contributed by atoms with Crippen molar-refractivity contribution < 1.29 is 16.7 Å². The maximum absolute atomic E-state index is 15.8. The molecule has 2 aromatic heterocycles. The lowest BCUT2D eigenvalue weighted by Crippen LogP contribution is -2.24. The highest BCUT2D eigenvalue weighted by molar-refractivity contribution is 6.35. The topological polar surface area (TPSA) is 60.2 Å². The molecule has 4 aromatic rings. The molecule has 0 unspecified atom stereocenters. The lowest BCUT2D eigenvalue weighted by molar-refractivity contribution is 0.0763. The molecule has 0 atom stereocenters. The van der Waals surface area contributed by atoms with Crippen LogP contribution in [0.15, 0.2) is 48.8 Å². The Morgan fingerprint density at radius 1 is 1.26 bits per heavy atom. The fraction of sp³-hybridized carbons (Fsp3) is 0.269. The monoisotopic (exact) mass is 480 g/mol. The lowest BCUT2D eigenvalue weighted by atomic mass is 9.99. The molecule has 34 heavy (non-hydrogen) atoms. The molecule has 0 spiro atoms. The summed E-state index contributed by atoms with van der Waals surface area (Å²) in [6.45, 7) is 1.77. The summed E-state index contributed by atoms with van der Waals surface area (Å²) >= 11 is 6.32. The number of rotatable bonds is 6. The van der Waals surface area contributed by atoms with Crippen molar-refractivity contribution in [2.24, 2.45) is 13.0 Å². The van der Waals surface area contributed by atoms with E-state index in [9.17, 15) is 4.79 Å². The van der Waals surface area contributed by atoms with Gasteiger partial charge in [-0.05, 0) is 47.4 Å². The van der Waals surface area contributed by atoms with Crippen LogP contribution in [-0.2, 0) is 20.1 Å². The van der Waals surface area contributed by atoms with Crippen LogP contribution in [0.5, 0.6) is 5.75 Å². The number of benzene rings is 2. The third kappa shape index (κ3) is 4.01. The first kappa shape index (κ1) is 20.0. The Hall–Kier alpha value is -3.45. The molecular formula is C26H24ClFN4O2. The molecule has 8 heteroatoms. The Labute approximate surface area is 204 Å². The van der Waals surface area contributed by atoms with Crippen LogP contribution in [-0.4, -0.2) is 32.2 Å². The standard InChI is InChI=1S/C26H24ClFN4O2/c1-15(2)14-34-24-10-16(17-6-7-21(27)25-19(17)11-31(3)30-25)9-22(28)20(24)12-32-13-23-18(26(32)33)5-4-8-29-23/h4-11,15H,12-14H2,1-3H3/i13D2. The number of ether oxygens (including phenoxy) is 1. The number of hydrogen-bond donors (Lipinski definition) is 0. The molecule has 0 saturated heterocycles. The maximum Gasteiger partial charge on any atom is 0.256 e. The zero-order valence-corrected chi connectivity index (χ0v) is 19.7. The van der Waals surface area contributed by atoms with Crippen LogP contribution in [0.3, 0.4) is 0 Å². The molecule has 0 saturated carbocycles. The van der Waals surface area contributed by atoms with Gasteiger partial charge in [0, 0.05) is 30.4 Å². The Morgan fingerprint density at radius 3 is 2.85 bits per heavy atom. The fourth-order valence-corrected chi connectivity index (χ4v) is 4.21. The highest BCUT2D eigenvalue weighted by Crippen LogP contribution is 2.37. The Balaban J connectivity index is 1.60. The minimum atomic E-state index is -2.19. The molecule has 174 valence electrons. The van der Waals surface area contributed by atoms with Gasteiger partial charge in [-0.1, -0.05) is 31.5 Å². The van der Waals surface area contributed by atoms with Gasteiger partial charge in [0.25, 0.3) is 5.91 Å². The highest BCUT2D eigenvalue weighted by atomic mass is 35.5. The average molecular weight is 481 g/mol. The fourth-order valence-electron chi connectivity index (χ4n) is 4.00. The van der Waals surface area contributed by atoms with Crippen LogP contribution in [0, 0.1) is 11.7 Å². The molecule has 5 rings (SSSR count). The van der Waals surface area contributed by atoms with Gasteiger partial charge in [0.15, 0.2) is 0 Å². The summed E-state index contributed by atoms with van der Waals surface area (Å²) in [7, 11) is 1.79. The number of amides is 1. The van der Waals surface area contributed by atoms with Gasteiger partial charge in [0.1, 0.15) is 17.1 Å². The summed E-state index contributed by atoms with van der Waals surface area (Å²) in [6.07, 6.45) is 3.25. The van der Waals surface area contributed by atoms with E-state index in [4.69, 9.17) is 19.1 Å². The number of pyridine rings is 1. The number of aromatic nitrogens is 3. The Morgan fingerprint density at radius 2 is 2.09 bits per heavy atom. The van der Waals surface area contributed by atoms with Crippen LogP contribution >= 0.6 is 11.6 Å². The molecule has 6 nitrogen and oxygen atoms in total. The number of halogens is 2. The number of hydrogen-bond acceptors (Lipinski definition) is 4. The Kier molecular flexibility index (Phi) is 5.12. The predicted molar refractivity (Wildman–Crippen MR) is 129 cm³/mol. The van der Waals surface area contributed by atoms with Gasteiger partial charge in [-0.15, -0.1) is 0 Å². The second-order valence-electron chi connectivity index (χ2n) is 8.70. The van der Waals surface area contributed by atoms with Crippen molar-refractivity contribution in [1.29, 1.82) is 0 Å². The van der Waals surface area contributed by atoms with E-state index in [1.54, 1.807) is 36.0 Å². The molecule has 1 amide bonds. The predicted octanol–water partition coefficient (Wildman–Crippen LogP) is 5.62. The molecule has 0 radical (unpaired) electrons. The minimum absolute atomic E-state index is 0.0248. The van der Waals surface area contributed by atoms with Crippen molar-refractivity contribution in [2.45, 2.75) is 26.9 Å². The summed E-state index contributed by atoms with van der Waals surface area (Å²) in [5.41, 5.74) is 2.19. The third-order valence-electron chi connectivity index (χ3n) is 5.62. The van der Waals surface area contributed by atoms with E-state index in [2.05, 4.69) is 10.1 Å². The quantitative estimate of drug-likeness (QED) is 0.359. The molecule has 0 aliphatic carbocycles. The normalized spacial score (nSPS) is 15.6. The van der Waals surface area contributed by atoms with Crippen LogP contribution in [0.4, 0.5) is 4.39 Å². The molecule has 2 aromatic carbocycles. The van der Waals surface area contributed by atoms with Gasteiger partial charge in [-0.3, -0.25) is 14.5 Å². The van der Waals surface area contributed by atoms with E-state index < -0.39 is 18.2 Å². The zero-order valence-electron chi connectivity index (χ0n) is 21.0. The van der Waals surface area contributed by atoms with E-state index in [0.29, 0.717) is 22.7 Å². The first-order chi connectivity index (χ1) is 17.1. The summed E-state index contributed by atoms with van der Waals surface area (Å²) in [4.78, 5) is 18.1. The van der Waals surface area contributed by atoms with Crippen molar-refractivity contribution in [3.05, 3.63) is 76.5 Å². The lowest BCUT2D eigenvalue weighted by Gasteiger charge is -2.21. The maximum atomic E-state index is 15.8. The molecule has 1 aliphatic rings. The van der Waals surface area contributed by atoms with Crippen molar-refractivity contribution in [3.63, 3.8) is 0 Å². The van der Waals surface area contributed by atoms with Crippen molar-refractivity contribution in [3.8, 4) is 16.9 Å². The molecular weight excluding hydrogens is 455 g/mol. The summed E-state index contributed by atoms with van der Waals surface area (Å²) in [5, 5.41) is 5.66. The largest absolute Gasteiger partial charge is 0.493 e. The van der Waals surface area contributed by atoms with E-state index in [0.717, 1.165) is 15.8 Å². The number of carbonyl (C=O) groups excluding carboxylic acids is 1. The van der Waals surface area contributed by atoms with Gasteiger partial charge >= 0.3 is 0 Å². The number of fused-ring (bicyclic) bond motifs is 2. The number of nitrogens with zero attached hydrogens (tertiary/aromatic N) is 4. The highest BCUT2D eigenvalue weighted by Gasteiger charge is 2.30. The van der Waals surface area contributed by atoms with Gasteiger partial charge < -0.3 is 9.64 Å². The zero-order chi connectivity index (χ0) is 25.8. The van der Waals surface area contributed by atoms with E-state index >= 15 is 4.39 Å². The van der Waals surface area contributed by atoms with Gasteiger partial charge in [0.05, 0.1) is 38.7 Å². The van der Waals surface area contributed by atoms with Gasteiger partial charge in [-0.2, -0.15) is 5.10 Å². The van der Waals surface area contributed by atoms with Crippen LogP contribution in [0.2, 0.25) is 5.02 Å². The SMILES string of the molecule is [2H]C1([2H])c2ncccc2C(=O)N1Cc1c(F)cc(-c2ccc(Cl)c3nn(C)cc23)cc1OCC(C)C. The van der Waals surface area contributed by atoms with Crippen LogP contribution in [0.25, 0.3) is 22.0 Å². The van der Waals surface area contributed by atoms with E-state index in [-0.39, 0.29) is 35.0 Å². The summed E-state index contributed by atoms with van der Waals surface area (Å²) < 4.78 is 40.5. The molecule has 0 bridgehead atoms. The molecule has 3 heterocycles. The smallest absolute Gasteiger partial charge is 0.256 e. The Bertz CT molecular complexity index is 1510. The number of carbonyl (C=O) groups is 1. The minimum Gasteiger partial charge on any atom is -0.493 e. The summed E-state index contributed by atoms with van der Waals surface area (Å²) in [5.74, 6) is -0.737. The van der Waals surface area contributed by atoms with Gasteiger partial charge in [0.2, 0.25) is 0 Å². The molecule has 0 fully saturated rings. The van der Waals surface area contributed by atoms with Crippen molar-refractivity contribution in [2.75, 3.05) is 6.61 Å². The van der Waals surface area contributed by atoms with Crippen LogP contribution < -0.4 is 4.74 Å². The second kappa shape index (κ2) is 8.72. The first-order valence-corrected chi connectivity index (χ1v) is 11.3. The van der Waals surface area contributed by atoms with Crippen LogP contribution in [0.1, 0.15) is 38.2 Å².